The van der Waals surface area contributed by atoms with E-state index >= 15 is 0 Å². The number of hydrogen-bond acceptors (Lipinski definition) is 5. The summed E-state index contributed by atoms with van der Waals surface area (Å²) in [6, 6.07) is 5.39. The van der Waals surface area contributed by atoms with E-state index in [1.807, 2.05) is 0 Å². The van der Waals surface area contributed by atoms with Crippen molar-refractivity contribution in [3.05, 3.63) is 55.4 Å². The standard InChI is InChI=1S/C12H7BrN2O5S/c13-8-1-6(12(17)18)2-9(4-8)14-11(16)7-3-10(15(19)20)21-5-7/h1-5H,(H,14,16)(H,17,18). The maximum Gasteiger partial charge on any atom is 0.335 e. The Balaban J connectivity index is 2.22. The number of nitrogens with zero attached hydrogens (tertiary/aromatic N) is 1. The lowest BCUT2D eigenvalue weighted by molar-refractivity contribution is -0.380. The minimum absolute atomic E-state index is 0.0102. The first-order valence-electron chi connectivity index (χ1n) is 5.45. The van der Waals surface area contributed by atoms with Crippen molar-refractivity contribution in [2.45, 2.75) is 0 Å². The van der Waals surface area contributed by atoms with Crippen molar-refractivity contribution in [2.24, 2.45) is 0 Å². The maximum atomic E-state index is 12.0. The third kappa shape index (κ3) is 3.64. The lowest BCUT2D eigenvalue weighted by Gasteiger charge is -2.06. The monoisotopic (exact) mass is 370 g/mol. The summed E-state index contributed by atoms with van der Waals surface area (Å²) in [6.07, 6.45) is 0. The van der Waals surface area contributed by atoms with Crippen LogP contribution < -0.4 is 5.32 Å². The second-order valence-corrected chi connectivity index (χ2v) is 5.72. The zero-order valence-corrected chi connectivity index (χ0v) is 12.6. The second kappa shape index (κ2) is 6.02. The van der Waals surface area contributed by atoms with Crippen molar-refractivity contribution in [3.63, 3.8) is 0 Å². The van der Waals surface area contributed by atoms with Crippen molar-refractivity contribution in [1.82, 2.24) is 0 Å². The van der Waals surface area contributed by atoms with Crippen LogP contribution in [0.25, 0.3) is 0 Å². The Kier molecular flexibility index (Phi) is 4.34. The molecule has 0 bridgehead atoms. The van der Waals surface area contributed by atoms with Crippen LogP contribution in [0.2, 0.25) is 0 Å². The summed E-state index contributed by atoms with van der Waals surface area (Å²) >= 11 is 3.99. The van der Waals surface area contributed by atoms with Crippen LogP contribution in [-0.4, -0.2) is 21.9 Å². The number of rotatable bonds is 4. The molecule has 1 heterocycles. The molecule has 0 unspecified atom stereocenters. The number of hydrogen-bond donors (Lipinski definition) is 2. The van der Waals surface area contributed by atoms with Crippen LogP contribution in [0.1, 0.15) is 20.7 Å². The highest BCUT2D eigenvalue weighted by atomic mass is 79.9. The third-order valence-corrected chi connectivity index (χ3v) is 3.77. The molecule has 2 aromatic rings. The van der Waals surface area contributed by atoms with Crippen LogP contribution in [0.4, 0.5) is 10.7 Å². The molecule has 0 aliphatic rings. The smallest absolute Gasteiger partial charge is 0.335 e. The molecule has 1 aromatic carbocycles. The summed E-state index contributed by atoms with van der Waals surface area (Å²) in [4.78, 5) is 32.9. The van der Waals surface area contributed by atoms with Crippen LogP contribution in [0.3, 0.4) is 0 Å². The van der Waals surface area contributed by atoms with Gasteiger partial charge in [0.05, 0.1) is 16.1 Å². The summed E-state index contributed by atoms with van der Waals surface area (Å²) in [5.74, 6) is -1.67. The van der Waals surface area contributed by atoms with Gasteiger partial charge in [-0.2, -0.15) is 0 Å². The van der Waals surface area contributed by atoms with E-state index in [4.69, 9.17) is 5.11 Å². The first-order chi connectivity index (χ1) is 9.86. The summed E-state index contributed by atoms with van der Waals surface area (Å²) < 4.78 is 0.494. The SMILES string of the molecule is O=C(O)c1cc(Br)cc(NC(=O)c2csc([N+](=O)[O-])c2)c1. The number of aromatic carboxylic acids is 1. The Hall–Kier alpha value is -2.26. The summed E-state index contributed by atoms with van der Waals surface area (Å²) in [6.45, 7) is 0. The maximum absolute atomic E-state index is 12.0. The molecule has 0 radical (unpaired) electrons. The Morgan fingerprint density at radius 2 is 1.95 bits per heavy atom. The van der Waals surface area contributed by atoms with Crippen LogP contribution in [0.5, 0.6) is 0 Å². The minimum atomic E-state index is -1.13. The molecule has 1 aromatic heterocycles. The predicted molar refractivity (Wildman–Crippen MR) is 80.0 cm³/mol. The minimum Gasteiger partial charge on any atom is -0.478 e. The molecule has 2 rings (SSSR count). The van der Waals surface area contributed by atoms with Crippen LogP contribution >= 0.6 is 27.3 Å². The van der Waals surface area contributed by atoms with Crippen molar-refractivity contribution in [3.8, 4) is 0 Å². The summed E-state index contributed by atoms with van der Waals surface area (Å²) in [7, 11) is 0. The van der Waals surface area contributed by atoms with Gasteiger partial charge >= 0.3 is 11.0 Å². The molecule has 21 heavy (non-hydrogen) atoms. The number of halogens is 1. The number of amides is 1. The molecule has 7 nitrogen and oxygen atoms in total. The molecule has 0 saturated carbocycles. The number of carbonyl (C=O) groups is 2. The largest absolute Gasteiger partial charge is 0.478 e. The van der Waals surface area contributed by atoms with Crippen molar-refractivity contribution in [2.75, 3.05) is 5.32 Å². The van der Waals surface area contributed by atoms with Gasteiger partial charge in [-0.15, -0.1) is 0 Å². The van der Waals surface area contributed by atoms with E-state index in [1.54, 1.807) is 0 Å². The highest BCUT2D eigenvalue weighted by Crippen LogP contribution is 2.24. The van der Waals surface area contributed by atoms with Gasteiger partial charge in [0.15, 0.2) is 0 Å². The van der Waals surface area contributed by atoms with E-state index in [-0.39, 0.29) is 21.8 Å². The average Bonchev–Trinajstić information content (AvgIpc) is 2.87. The van der Waals surface area contributed by atoms with E-state index in [1.165, 1.54) is 23.6 Å². The lowest BCUT2D eigenvalue weighted by Crippen LogP contribution is -2.11. The Bertz CT molecular complexity index is 743. The van der Waals surface area contributed by atoms with E-state index < -0.39 is 16.8 Å². The van der Waals surface area contributed by atoms with Gasteiger partial charge in [-0.3, -0.25) is 14.9 Å². The topological polar surface area (TPSA) is 110 Å². The zero-order valence-electron chi connectivity index (χ0n) is 10.2. The molecule has 9 heteroatoms. The molecule has 0 spiro atoms. The number of benzene rings is 1. The van der Waals surface area contributed by atoms with Gasteiger partial charge in [0, 0.05) is 21.6 Å². The molecule has 0 atom stereocenters. The van der Waals surface area contributed by atoms with Gasteiger partial charge in [-0.05, 0) is 18.2 Å². The van der Waals surface area contributed by atoms with Gasteiger partial charge in [0.25, 0.3) is 5.91 Å². The Morgan fingerprint density at radius 3 is 2.52 bits per heavy atom. The molecule has 0 fully saturated rings. The van der Waals surface area contributed by atoms with Crippen molar-refractivity contribution < 1.29 is 19.6 Å². The molecule has 0 aliphatic heterocycles. The Morgan fingerprint density at radius 1 is 1.24 bits per heavy atom. The number of carboxylic acids is 1. The number of anilines is 1. The molecule has 0 saturated heterocycles. The molecule has 108 valence electrons. The van der Waals surface area contributed by atoms with Crippen LogP contribution in [-0.2, 0) is 0 Å². The van der Waals surface area contributed by atoms with Gasteiger partial charge in [0.1, 0.15) is 0 Å². The van der Waals surface area contributed by atoms with Gasteiger partial charge < -0.3 is 10.4 Å². The second-order valence-electron chi connectivity index (χ2n) is 3.92. The van der Waals surface area contributed by atoms with Crippen molar-refractivity contribution >= 4 is 49.8 Å². The molecular formula is C12H7BrN2O5S. The van der Waals surface area contributed by atoms with E-state index in [9.17, 15) is 19.7 Å². The molecule has 1 amide bonds. The van der Waals surface area contributed by atoms with E-state index in [2.05, 4.69) is 21.2 Å². The third-order valence-electron chi connectivity index (χ3n) is 2.43. The molecule has 2 N–H and O–H groups in total. The fourth-order valence-electron chi connectivity index (χ4n) is 1.53. The van der Waals surface area contributed by atoms with Crippen molar-refractivity contribution in [1.29, 1.82) is 0 Å². The van der Waals surface area contributed by atoms with Crippen LogP contribution in [0, 0.1) is 10.1 Å². The quantitative estimate of drug-likeness (QED) is 0.633. The molecule has 0 aliphatic carbocycles. The zero-order chi connectivity index (χ0) is 15.6. The predicted octanol–water partition coefficient (Wildman–Crippen LogP) is 3.37. The fourth-order valence-corrected chi connectivity index (χ4v) is 2.73. The van der Waals surface area contributed by atoms with E-state index in [0.29, 0.717) is 4.47 Å². The Labute approximate surface area is 130 Å². The first-order valence-corrected chi connectivity index (χ1v) is 7.12. The number of thiophene rings is 1. The van der Waals surface area contributed by atoms with E-state index in [0.717, 1.165) is 17.4 Å². The van der Waals surface area contributed by atoms with Gasteiger partial charge in [-0.25, -0.2) is 4.79 Å². The average molecular weight is 371 g/mol. The lowest BCUT2D eigenvalue weighted by atomic mass is 10.2. The molecular weight excluding hydrogens is 364 g/mol. The highest BCUT2D eigenvalue weighted by molar-refractivity contribution is 9.10. The summed E-state index contributed by atoms with van der Waals surface area (Å²) in [5, 5.41) is 23.2. The first kappa shape index (κ1) is 15.1. The van der Waals surface area contributed by atoms with Gasteiger partial charge in [0.2, 0.25) is 0 Å². The number of nitrogens with one attached hydrogen (secondary N) is 1. The fraction of sp³-hybridized carbons (Fsp3) is 0. The van der Waals surface area contributed by atoms with Gasteiger partial charge in [-0.1, -0.05) is 27.3 Å². The normalized spacial score (nSPS) is 10.1. The summed E-state index contributed by atoms with van der Waals surface area (Å²) in [5.41, 5.74) is 0.431. The van der Waals surface area contributed by atoms with Crippen LogP contribution in [0.15, 0.2) is 34.1 Å². The number of carbonyl (C=O) groups excluding carboxylic acids is 1. The number of carboxylic acid groups (broad SMARTS) is 1. The number of nitro groups is 1. The highest BCUT2D eigenvalue weighted by Gasteiger charge is 2.16.